The van der Waals surface area contributed by atoms with Crippen molar-refractivity contribution >= 4 is 23.7 Å². The van der Waals surface area contributed by atoms with E-state index in [1.165, 1.54) is 4.57 Å². The van der Waals surface area contributed by atoms with Gasteiger partial charge in [-0.15, -0.1) is 0 Å². The molecule has 98 valence electrons. The van der Waals surface area contributed by atoms with E-state index in [0.29, 0.717) is 11.3 Å². The number of H-pyrrole nitrogens is 1. The van der Waals surface area contributed by atoms with Gasteiger partial charge in [0.15, 0.2) is 4.77 Å². The van der Waals surface area contributed by atoms with Crippen molar-refractivity contribution in [2.45, 2.75) is 0 Å². The standard InChI is InChI=1S/C11H9N5OS.H3N/c12-5-6-2-1-3-7(4-6)16-10(17)8(13)9(14)15-11(16)18;/h1-4H,13-14H2,(H,15,18);1H3. The topological polar surface area (TPSA) is 149 Å². The van der Waals surface area contributed by atoms with Crippen molar-refractivity contribution in [3.63, 3.8) is 0 Å². The molecule has 0 amide bonds. The molecule has 0 fully saturated rings. The highest BCUT2D eigenvalue weighted by atomic mass is 32.1. The fourth-order valence-electron chi connectivity index (χ4n) is 1.52. The van der Waals surface area contributed by atoms with Crippen molar-refractivity contribution in [3.05, 3.63) is 45.0 Å². The molecule has 0 aliphatic rings. The summed E-state index contributed by atoms with van der Waals surface area (Å²) >= 11 is 5.04. The first-order chi connectivity index (χ1) is 8.54. The van der Waals surface area contributed by atoms with E-state index in [9.17, 15) is 4.79 Å². The third kappa shape index (κ3) is 2.47. The molecule has 0 unspecified atom stereocenters. The highest BCUT2D eigenvalue weighted by molar-refractivity contribution is 7.71. The first kappa shape index (κ1) is 14.4. The number of nitrogens with two attached hydrogens (primary N) is 2. The highest BCUT2D eigenvalue weighted by Gasteiger charge is 2.09. The summed E-state index contributed by atoms with van der Waals surface area (Å²) in [4.78, 5) is 14.6. The van der Waals surface area contributed by atoms with Gasteiger partial charge in [0, 0.05) is 0 Å². The Kier molecular flexibility index (Phi) is 4.06. The number of nitrogens with zero attached hydrogens (tertiary/aromatic N) is 2. The molecule has 0 saturated heterocycles. The van der Waals surface area contributed by atoms with E-state index in [4.69, 9.17) is 28.9 Å². The normalized spacial score (nSPS) is 9.42. The van der Waals surface area contributed by atoms with Gasteiger partial charge in [-0.1, -0.05) is 6.07 Å². The Labute approximate surface area is 113 Å². The van der Waals surface area contributed by atoms with Crippen LogP contribution in [0.2, 0.25) is 0 Å². The maximum Gasteiger partial charge on any atom is 0.284 e. The van der Waals surface area contributed by atoms with E-state index in [1.54, 1.807) is 24.3 Å². The van der Waals surface area contributed by atoms with Gasteiger partial charge in [0.2, 0.25) is 0 Å². The first-order valence-electron chi connectivity index (χ1n) is 4.95. The monoisotopic (exact) mass is 276 g/mol. The number of aromatic amines is 1. The van der Waals surface area contributed by atoms with Crippen molar-refractivity contribution in [1.82, 2.24) is 15.7 Å². The van der Waals surface area contributed by atoms with Crippen LogP contribution < -0.4 is 23.2 Å². The van der Waals surface area contributed by atoms with Crippen LogP contribution in [0, 0.1) is 16.1 Å². The molecule has 1 aromatic heterocycles. The zero-order valence-electron chi connectivity index (χ0n) is 9.88. The summed E-state index contributed by atoms with van der Waals surface area (Å²) in [5.74, 6) is 0.0395. The molecular weight excluding hydrogens is 264 g/mol. The van der Waals surface area contributed by atoms with Crippen molar-refractivity contribution < 1.29 is 0 Å². The molecule has 0 aliphatic carbocycles. The van der Waals surface area contributed by atoms with Gasteiger partial charge >= 0.3 is 0 Å². The zero-order chi connectivity index (χ0) is 13.3. The molecule has 0 atom stereocenters. The quantitative estimate of drug-likeness (QED) is 0.573. The number of hydrogen-bond donors (Lipinski definition) is 4. The van der Waals surface area contributed by atoms with Crippen molar-refractivity contribution in [3.8, 4) is 11.8 Å². The number of aromatic nitrogens is 2. The second-order valence-corrected chi connectivity index (χ2v) is 3.95. The predicted octanol–water partition coefficient (Wildman–Crippen LogP) is 1.09. The minimum Gasteiger partial charge on any atom is -0.391 e. The average Bonchev–Trinajstić information content (AvgIpc) is 2.36. The van der Waals surface area contributed by atoms with Crippen LogP contribution in [0.4, 0.5) is 11.5 Å². The Balaban J connectivity index is 0.00000180. The van der Waals surface area contributed by atoms with Crippen LogP contribution in [0.3, 0.4) is 0 Å². The lowest BCUT2D eigenvalue weighted by Crippen LogP contribution is -2.25. The zero-order valence-corrected chi connectivity index (χ0v) is 10.7. The molecule has 0 saturated carbocycles. The fourth-order valence-corrected chi connectivity index (χ4v) is 1.81. The maximum atomic E-state index is 12.0. The van der Waals surface area contributed by atoms with Gasteiger partial charge in [-0.05, 0) is 30.4 Å². The van der Waals surface area contributed by atoms with Gasteiger partial charge in [0.1, 0.15) is 11.5 Å². The van der Waals surface area contributed by atoms with Gasteiger partial charge in [-0.25, -0.2) is 0 Å². The number of nitriles is 1. The summed E-state index contributed by atoms with van der Waals surface area (Å²) in [6.45, 7) is 0. The molecule has 1 heterocycles. The summed E-state index contributed by atoms with van der Waals surface area (Å²) in [5, 5.41) is 8.83. The number of nitrogen functional groups attached to an aromatic ring is 2. The van der Waals surface area contributed by atoms with Crippen LogP contribution in [-0.4, -0.2) is 9.55 Å². The Hall–Kier alpha value is -2.63. The number of hydrogen-bond acceptors (Lipinski definition) is 6. The van der Waals surface area contributed by atoms with Crippen molar-refractivity contribution in [2.75, 3.05) is 11.5 Å². The largest absolute Gasteiger partial charge is 0.391 e. The van der Waals surface area contributed by atoms with Crippen LogP contribution >= 0.6 is 12.2 Å². The lowest BCUT2D eigenvalue weighted by molar-refractivity contribution is 0.923. The molecule has 7 nitrogen and oxygen atoms in total. The smallest absolute Gasteiger partial charge is 0.284 e. The summed E-state index contributed by atoms with van der Waals surface area (Å²) in [6, 6.07) is 8.46. The minimum absolute atomic E-state index is 0. The van der Waals surface area contributed by atoms with E-state index < -0.39 is 5.56 Å². The Bertz CT molecular complexity index is 770. The molecule has 0 radical (unpaired) electrons. The van der Waals surface area contributed by atoms with E-state index >= 15 is 0 Å². The lowest BCUT2D eigenvalue weighted by atomic mass is 10.2. The number of benzene rings is 1. The molecule has 19 heavy (non-hydrogen) atoms. The second-order valence-electron chi connectivity index (χ2n) is 3.56. The van der Waals surface area contributed by atoms with Crippen molar-refractivity contribution in [2.24, 2.45) is 0 Å². The van der Waals surface area contributed by atoms with E-state index in [0.717, 1.165) is 0 Å². The molecule has 0 bridgehead atoms. The summed E-state index contributed by atoms with van der Waals surface area (Å²) in [7, 11) is 0. The maximum absolute atomic E-state index is 12.0. The van der Waals surface area contributed by atoms with Gasteiger partial charge < -0.3 is 22.6 Å². The first-order valence-corrected chi connectivity index (χ1v) is 5.36. The summed E-state index contributed by atoms with van der Waals surface area (Å²) in [6.07, 6.45) is 0. The number of nitrogens with one attached hydrogen (secondary N) is 1. The number of rotatable bonds is 1. The van der Waals surface area contributed by atoms with Crippen LogP contribution in [0.5, 0.6) is 0 Å². The molecular formula is C11H12N6OS. The van der Waals surface area contributed by atoms with Crippen LogP contribution in [-0.2, 0) is 0 Å². The Morgan fingerprint density at radius 2 is 2.05 bits per heavy atom. The number of anilines is 2. The minimum atomic E-state index is -0.508. The van der Waals surface area contributed by atoms with E-state index in [-0.39, 0.29) is 22.4 Å². The molecule has 1 aromatic carbocycles. The molecule has 0 aliphatic heterocycles. The Morgan fingerprint density at radius 3 is 2.68 bits per heavy atom. The Morgan fingerprint density at radius 1 is 1.37 bits per heavy atom. The highest BCUT2D eigenvalue weighted by Crippen LogP contribution is 2.11. The van der Waals surface area contributed by atoms with Crippen LogP contribution in [0.25, 0.3) is 5.69 Å². The van der Waals surface area contributed by atoms with E-state index in [2.05, 4.69) is 4.98 Å². The van der Waals surface area contributed by atoms with Gasteiger partial charge in [-0.3, -0.25) is 9.36 Å². The molecule has 8 heteroatoms. The SMILES string of the molecule is N.N#Cc1cccc(-n2c(=S)[nH]c(N)c(N)c2=O)c1. The molecule has 8 N–H and O–H groups in total. The van der Waals surface area contributed by atoms with Crippen molar-refractivity contribution in [1.29, 1.82) is 5.26 Å². The molecule has 2 rings (SSSR count). The van der Waals surface area contributed by atoms with E-state index in [1.807, 2.05) is 6.07 Å². The van der Waals surface area contributed by atoms with Crippen LogP contribution in [0.1, 0.15) is 5.56 Å². The van der Waals surface area contributed by atoms with Gasteiger partial charge in [0.05, 0.1) is 17.3 Å². The average molecular weight is 276 g/mol. The summed E-state index contributed by atoms with van der Waals surface area (Å²) in [5.41, 5.74) is 11.3. The fraction of sp³-hybridized carbons (Fsp3) is 0. The van der Waals surface area contributed by atoms with Crippen LogP contribution in [0.15, 0.2) is 29.1 Å². The predicted molar refractivity (Wildman–Crippen MR) is 75.8 cm³/mol. The lowest BCUT2D eigenvalue weighted by Gasteiger charge is -2.08. The third-order valence-electron chi connectivity index (χ3n) is 2.40. The van der Waals surface area contributed by atoms with Gasteiger partial charge in [0.25, 0.3) is 5.56 Å². The summed E-state index contributed by atoms with van der Waals surface area (Å²) < 4.78 is 1.32. The molecule has 0 spiro atoms. The second kappa shape index (κ2) is 5.34. The third-order valence-corrected chi connectivity index (χ3v) is 2.69. The molecule has 2 aromatic rings. The van der Waals surface area contributed by atoms with Gasteiger partial charge in [-0.2, -0.15) is 5.26 Å².